The van der Waals surface area contributed by atoms with Gasteiger partial charge in [0.25, 0.3) is 0 Å². The molecule has 12 heavy (non-hydrogen) atoms. The van der Waals surface area contributed by atoms with Gasteiger partial charge in [-0.25, -0.2) is 0 Å². The lowest BCUT2D eigenvalue weighted by Crippen LogP contribution is -2.45. The van der Waals surface area contributed by atoms with E-state index in [0.717, 1.165) is 6.54 Å². The lowest BCUT2D eigenvalue weighted by Gasteiger charge is -2.33. The number of hydrogen-bond donors (Lipinski definition) is 0. The first-order valence-electron chi connectivity index (χ1n) is 4.32. The molecule has 1 saturated heterocycles. The number of likely N-dealkylation sites (tertiary alicyclic amines) is 1. The number of rotatable bonds is 3. The van der Waals surface area contributed by atoms with Crippen molar-refractivity contribution in [1.29, 1.82) is 0 Å². The second-order valence-electron chi connectivity index (χ2n) is 3.96. The van der Waals surface area contributed by atoms with Crippen molar-refractivity contribution in [1.82, 2.24) is 4.90 Å². The van der Waals surface area contributed by atoms with Crippen LogP contribution in [-0.2, 0) is 9.53 Å². The third kappa shape index (κ3) is 2.05. The maximum absolute atomic E-state index is 11.0. The van der Waals surface area contributed by atoms with Crippen LogP contribution < -0.4 is 0 Å². The number of ether oxygens (including phenoxy) is 1. The van der Waals surface area contributed by atoms with E-state index in [1.54, 1.807) is 7.11 Å². The lowest BCUT2D eigenvalue weighted by molar-refractivity contribution is -0.117. The van der Waals surface area contributed by atoms with Crippen LogP contribution in [-0.4, -0.2) is 43.0 Å². The van der Waals surface area contributed by atoms with E-state index in [-0.39, 0.29) is 5.54 Å². The summed E-state index contributed by atoms with van der Waals surface area (Å²) in [5.74, 6) is 0.346. The Morgan fingerprint density at radius 3 is 2.67 bits per heavy atom. The van der Waals surface area contributed by atoms with E-state index >= 15 is 0 Å². The van der Waals surface area contributed by atoms with Crippen LogP contribution in [0.4, 0.5) is 0 Å². The molecule has 0 aromatic heterocycles. The first-order chi connectivity index (χ1) is 5.56. The smallest absolute Gasteiger partial charge is 0.148 e. The molecule has 0 N–H and O–H groups in total. The number of hydrogen-bond acceptors (Lipinski definition) is 3. The molecule has 0 spiro atoms. The number of ketones is 1. The molecule has 1 aliphatic heterocycles. The Hall–Kier alpha value is -0.410. The minimum atomic E-state index is 0.000903. The summed E-state index contributed by atoms with van der Waals surface area (Å²) in [6.45, 7) is 6.37. The Labute approximate surface area is 73.7 Å². The Bertz CT molecular complexity index is 177. The van der Waals surface area contributed by atoms with Crippen molar-refractivity contribution in [3.05, 3.63) is 0 Å². The van der Waals surface area contributed by atoms with Crippen LogP contribution in [0.3, 0.4) is 0 Å². The second kappa shape index (κ2) is 3.54. The molecule has 1 heterocycles. The summed E-state index contributed by atoms with van der Waals surface area (Å²) in [6, 6.07) is 0. The van der Waals surface area contributed by atoms with Crippen molar-refractivity contribution in [2.75, 3.05) is 26.8 Å². The summed E-state index contributed by atoms with van der Waals surface area (Å²) < 4.78 is 5.10. The summed E-state index contributed by atoms with van der Waals surface area (Å²) in [4.78, 5) is 13.2. The van der Waals surface area contributed by atoms with Gasteiger partial charge in [-0.05, 0) is 13.8 Å². The van der Waals surface area contributed by atoms with Gasteiger partial charge in [0.15, 0.2) is 0 Å². The molecule has 0 bridgehead atoms. The summed E-state index contributed by atoms with van der Waals surface area (Å²) in [5, 5.41) is 0. The van der Waals surface area contributed by atoms with Crippen molar-refractivity contribution in [3.63, 3.8) is 0 Å². The fourth-order valence-electron chi connectivity index (χ4n) is 1.59. The molecule has 3 nitrogen and oxygen atoms in total. The molecular formula is C9H17NO2. The lowest BCUT2D eigenvalue weighted by atomic mass is 10.1. The molecule has 0 atom stereocenters. The normalized spacial score (nSPS) is 20.4. The van der Waals surface area contributed by atoms with E-state index in [0.29, 0.717) is 25.4 Å². The Kier molecular flexibility index (Phi) is 2.85. The van der Waals surface area contributed by atoms with E-state index in [1.165, 1.54) is 0 Å². The van der Waals surface area contributed by atoms with Gasteiger partial charge in [0.2, 0.25) is 0 Å². The highest BCUT2D eigenvalue weighted by Crippen LogP contribution is 2.19. The largest absolute Gasteiger partial charge is 0.383 e. The molecule has 1 aliphatic rings. The van der Waals surface area contributed by atoms with Gasteiger partial charge in [-0.15, -0.1) is 0 Å². The third-order valence-corrected chi connectivity index (χ3v) is 2.38. The Morgan fingerprint density at radius 1 is 1.58 bits per heavy atom. The molecule has 0 aromatic carbocycles. The van der Waals surface area contributed by atoms with Gasteiger partial charge >= 0.3 is 0 Å². The van der Waals surface area contributed by atoms with Crippen LogP contribution in [0.5, 0.6) is 0 Å². The molecule has 0 unspecified atom stereocenters. The monoisotopic (exact) mass is 171 g/mol. The minimum Gasteiger partial charge on any atom is -0.383 e. The van der Waals surface area contributed by atoms with Crippen molar-refractivity contribution in [3.8, 4) is 0 Å². The third-order valence-electron chi connectivity index (χ3n) is 2.38. The summed E-state index contributed by atoms with van der Waals surface area (Å²) >= 11 is 0. The number of nitrogens with zero attached hydrogens (tertiary/aromatic N) is 1. The molecular weight excluding hydrogens is 154 g/mol. The van der Waals surface area contributed by atoms with Crippen molar-refractivity contribution in [2.24, 2.45) is 0 Å². The second-order valence-corrected chi connectivity index (χ2v) is 3.96. The molecule has 1 fully saturated rings. The van der Waals surface area contributed by atoms with E-state index < -0.39 is 0 Å². The van der Waals surface area contributed by atoms with Gasteiger partial charge in [-0.3, -0.25) is 9.69 Å². The van der Waals surface area contributed by atoms with Gasteiger partial charge in [0.05, 0.1) is 13.2 Å². The van der Waals surface area contributed by atoms with Crippen LogP contribution in [0, 0.1) is 0 Å². The number of carbonyl (C=O) groups is 1. The molecule has 0 saturated carbocycles. The van der Waals surface area contributed by atoms with E-state index in [2.05, 4.69) is 18.7 Å². The average molecular weight is 171 g/mol. The maximum Gasteiger partial charge on any atom is 0.148 e. The van der Waals surface area contributed by atoms with Gasteiger partial charge in [0, 0.05) is 25.6 Å². The molecule has 0 aliphatic carbocycles. The highest BCUT2D eigenvalue weighted by Gasteiger charge is 2.32. The average Bonchev–Trinajstić information content (AvgIpc) is 2.36. The molecule has 1 rings (SSSR count). The van der Waals surface area contributed by atoms with Crippen LogP contribution in [0.2, 0.25) is 0 Å². The van der Waals surface area contributed by atoms with Crippen LogP contribution >= 0.6 is 0 Å². The Balaban J connectivity index is 2.51. The Morgan fingerprint density at radius 2 is 2.25 bits per heavy atom. The SMILES string of the molecule is COCC(C)(C)N1CCC(=O)C1. The van der Waals surface area contributed by atoms with Crippen molar-refractivity contribution < 1.29 is 9.53 Å². The maximum atomic E-state index is 11.0. The zero-order valence-corrected chi connectivity index (χ0v) is 8.09. The topological polar surface area (TPSA) is 29.5 Å². The molecule has 0 amide bonds. The standard InChI is InChI=1S/C9H17NO2/c1-9(2,7-12-3)10-5-4-8(11)6-10/h4-7H2,1-3H3. The number of methoxy groups -OCH3 is 1. The zero-order chi connectivity index (χ0) is 9.19. The fourth-order valence-corrected chi connectivity index (χ4v) is 1.59. The highest BCUT2D eigenvalue weighted by atomic mass is 16.5. The number of carbonyl (C=O) groups excluding carboxylic acids is 1. The van der Waals surface area contributed by atoms with Gasteiger partial charge in [0.1, 0.15) is 5.78 Å². The van der Waals surface area contributed by atoms with Gasteiger partial charge in [-0.2, -0.15) is 0 Å². The van der Waals surface area contributed by atoms with E-state index in [4.69, 9.17) is 4.74 Å². The quantitative estimate of drug-likeness (QED) is 0.625. The molecule has 70 valence electrons. The van der Waals surface area contributed by atoms with Crippen molar-refractivity contribution in [2.45, 2.75) is 25.8 Å². The van der Waals surface area contributed by atoms with Crippen LogP contribution in [0.25, 0.3) is 0 Å². The molecule has 0 aromatic rings. The van der Waals surface area contributed by atoms with Gasteiger partial charge in [-0.1, -0.05) is 0 Å². The predicted octanol–water partition coefficient (Wildman–Crippen LogP) is 0.686. The predicted molar refractivity (Wildman–Crippen MR) is 47.2 cm³/mol. The van der Waals surface area contributed by atoms with E-state index in [9.17, 15) is 4.79 Å². The first-order valence-corrected chi connectivity index (χ1v) is 4.32. The summed E-state index contributed by atoms with van der Waals surface area (Å²) in [6.07, 6.45) is 0.702. The minimum absolute atomic E-state index is 0.000903. The molecule has 3 heteroatoms. The van der Waals surface area contributed by atoms with Gasteiger partial charge < -0.3 is 4.74 Å². The summed E-state index contributed by atoms with van der Waals surface area (Å²) in [5.41, 5.74) is 0.000903. The highest BCUT2D eigenvalue weighted by molar-refractivity contribution is 5.82. The zero-order valence-electron chi connectivity index (χ0n) is 8.09. The van der Waals surface area contributed by atoms with Crippen molar-refractivity contribution >= 4 is 5.78 Å². The first kappa shape index (κ1) is 9.68. The fraction of sp³-hybridized carbons (Fsp3) is 0.889. The van der Waals surface area contributed by atoms with E-state index in [1.807, 2.05) is 0 Å². The molecule has 0 radical (unpaired) electrons. The van der Waals surface area contributed by atoms with Crippen LogP contribution in [0.1, 0.15) is 20.3 Å². The summed E-state index contributed by atoms with van der Waals surface area (Å²) in [7, 11) is 1.69. The number of Topliss-reactive ketones (excluding diaryl/α,β-unsaturated/α-hetero) is 1. The van der Waals surface area contributed by atoms with Crippen LogP contribution in [0.15, 0.2) is 0 Å².